The van der Waals surface area contributed by atoms with Gasteiger partial charge in [-0.15, -0.1) is 11.3 Å². The Labute approximate surface area is 261 Å². The van der Waals surface area contributed by atoms with Crippen molar-refractivity contribution in [3.8, 4) is 0 Å². The lowest BCUT2D eigenvalue weighted by Gasteiger charge is -2.44. The second-order valence-corrected chi connectivity index (χ2v) is 13.3. The average molecular weight is 608 g/mol. The van der Waals surface area contributed by atoms with E-state index in [-0.39, 0.29) is 29.3 Å². The van der Waals surface area contributed by atoms with Gasteiger partial charge in [0.1, 0.15) is 0 Å². The highest BCUT2D eigenvalue weighted by Crippen LogP contribution is 2.39. The van der Waals surface area contributed by atoms with Crippen LogP contribution >= 0.6 is 11.3 Å². The Balaban J connectivity index is 1.15. The molecule has 7 rings (SSSR count). The summed E-state index contributed by atoms with van der Waals surface area (Å²) in [6, 6.07) is 23.6. The largest absolute Gasteiger partial charge is 0.369 e. The van der Waals surface area contributed by atoms with Crippen molar-refractivity contribution in [2.75, 3.05) is 47.8 Å². The number of aromatic nitrogens is 1. The van der Waals surface area contributed by atoms with E-state index in [0.717, 1.165) is 37.4 Å². The molecule has 0 saturated carbocycles. The molecule has 3 aliphatic rings. The summed E-state index contributed by atoms with van der Waals surface area (Å²) in [7, 11) is 0. The van der Waals surface area contributed by atoms with Gasteiger partial charge >= 0.3 is 0 Å². The van der Waals surface area contributed by atoms with Gasteiger partial charge in [-0.2, -0.15) is 0 Å². The molecule has 2 aromatic carbocycles. The Kier molecular flexibility index (Phi) is 7.50. The number of carbonyl (C=O) groups excluding carboxylic acids is 2. The van der Waals surface area contributed by atoms with Gasteiger partial charge in [-0.05, 0) is 79.6 Å². The minimum absolute atomic E-state index is 0.0252. The number of piperazine rings is 1. The molecule has 0 spiro atoms. The number of nitrogens with zero attached hydrogens (tertiary/aromatic N) is 4. The molecule has 4 aromatic rings. The van der Waals surface area contributed by atoms with E-state index in [9.17, 15) is 14.4 Å². The maximum absolute atomic E-state index is 13.9. The lowest BCUT2D eigenvalue weighted by atomic mass is 9.83. The number of hydrogen-bond donors (Lipinski definition) is 1. The zero-order valence-electron chi connectivity index (χ0n) is 25.1. The fourth-order valence-corrected chi connectivity index (χ4v) is 7.86. The maximum atomic E-state index is 13.9. The van der Waals surface area contributed by atoms with Gasteiger partial charge in [0.05, 0.1) is 16.3 Å². The fraction of sp³-hybridized carbons (Fsp3) is 0.343. The molecule has 2 fully saturated rings. The molecule has 0 aliphatic carbocycles. The molecule has 3 aliphatic heterocycles. The third-order valence-corrected chi connectivity index (χ3v) is 10.2. The highest BCUT2D eigenvalue weighted by Gasteiger charge is 2.36. The van der Waals surface area contributed by atoms with Gasteiger partial charge in [-0.1, -0.05) is 24.3 Å². The Morgan fingerprint density at radius 2 is 1.77 bits per heavy atom. The molecule has 2 amide bonds. The maximum Gasteiger partial charge on any atom is 0.265 e. The van der Waals surface area contributed by atoms with Crippen LogP contribution in [0.2, 0.25) is 0 Å². The van der Waals surface area contributed by atoms with Gasteiger partial charge < -0.3 is 24.6 Å². The number of amides is 2. The number of piperidine rings is 1. The second kappa shape index (κ2) is 11.6. The Morgan fingerprint density at radius 3 is 2.57 bits per heavy atom. The quantitative estimate of drug-likeness (QED) is 0.327. The zero-order chi connectivity index (χ0) is 30.4. The van der Waals surface area contributed by atoms with Gasteiger partial charge in [-0.25, -0.2) is 0 Å². The van der Waals surface area contributed by atoms with Crippen molar-refractivity contribution in [2.45, 2.75) is 38.8 Å². The molecular weight excluding hydrogens is 570 g/mol. The number of benzene rings is 2. The zero-order valence-corrected chi connectivity index (χ0v) is 25.9. The van der Waals surface area contributed by atoms with Crippen LogP contribution in [0, 0.1) is 12.8 Å². The average Bonchev–Trinajstić information content (AvgIpc) is 3.57. The monoisotopic (exact) mass is 607 g/mol. The van der Waals surface area contributed by atoms with E-state index in [1.807, 2.05) is 51.2 Å². The Bertz CT molecular complexity index is 1770. The third-order valence-electron chi connectivity index (χ3n) is 9.31. The van der Waals surface area contributed by atoms with E-state index in [1.54, 1.807) is 6.07 Å². The van der Waals surface area contributed by atoms with Crippen LogP contribution in [-0.2, 0) is 6.54 Å². The summed E-state index contributed by atoms with van der Waals surface area (Å²) in [5, 5.41) is 5.03. The molecule has 9 heteroatoms. The summed E-state index contributed by atoms with van der Waals surface area (Å²) in [4.78, 5) is 46.9. The van der Waals surface area contributed by atoms with Crippen molar-refractivity contribution in [2.24, 2.45) is 5.92 Å². The molecular formula is C35H37N5O3S. The molecule has 3 atom stereocenters. The summed E-state index contributed by atoms with van der Waals surface area (Å²) < 4.78 is 1.93. The summed E-state index contributed by atoms with van der Waals surface area (Å²) in [6.07, 6.45) is 1.04. The number of anilines is 3. The highest BCUT2D eigenvalue weighted by atomic mass is 32.1. The van der Waals surface area contributed by atoms with Crippen molar-refractivity contribution >= 4 is 40.2 Å². The van der Waals surface area contributed by atoms with Crippen molar-refractivity contribution < 1.29 is 9.59 Å². The normalized spacial score (nSPS) is 21.1. The standard InChI is InChI=1S/C35H37N5O3S/c1-23-6-3-7-28(16-23)39-14-13-37(19-24(39)2)35(43)26-11-12-31(29(18-26)36-34(42)32-9-5-15-44-32)38-20-25-17-27(22-38)30-8-4-10-33(41)40(30)21-25/h3-12,15-16,18,24-25,27H,13-14,17,19-22H2,1-2H3,(H,36,42)/t24-,25-,27+/m1/s1. The lowest BCUT2D eigenvalue weighted by molar-refractivity contribution is 0.0726. The van der Waals surface area contributed by atoms with Crippen LogP contribution in [0.25, 0.3) is 0 Å². The van der Waals surface area contributed by atoms with Crippen LogP contribution < -0.4 is 20.7 Å². The van der Waals surface area contributed by atoms with E-state index >= 15 is 0 Å². The van der Waals surface area contributed by atoms with Gasteiger partial charge in [0.15, 0.2) is 0 Å². The summed E-state index contributed by atoms with van der Waals surface area (Å²) in [5.41, 5.74) is 5.67. The summed E-state index contributed by atoms with van der Waals surface area (Å²) in [5.74, 6) is 0.350. The van der Waals surface area contributed by atoms with Crippen LogP contribution in [0.3, 0.4) is 0 Å². The first kappa shape index (κ1) is 28.4. The first-order chi connectivity index (χ1) is 21.3. The van der Waals surface area contributed by atoms with Crippen LogP contribution in [0.5, 0.6) is 0 Å². The number of nitrogens with one attached hydrogen (secondary N) is 1. The number of aryl methyl sites for hydroxylation is 1. The van der Waals surface area contributed by atoms with Gasteiger partial charge in [0, 0.05) is 74.2 Å². The predicted molar refractivity (Wildman–Crippen MR) is 176 cm³/mol. The van der Waals surface area contributed by atoms with Crippen molar-refractivity contribution in [1.82, 2.24) is 9.47 Å². The molecule has 0 unspecified atom stereocenters. The van der Waals surface area contributed by atoms with Gasteiger partial charge in [-0.3, -0.25) is 14.4 Å². The molecule has 8 nitrogen and oxygen atoms in total. The van der Waals surface area contributed by atoms with Crippen LogP contribution in [0.15, 0.2) is 83.0 Å². The van der Waals surface area contributed by atoms with Gasteiger partial charge in [0.2, 0.25) is 0 Å². The van der Waals surface area contributed by atoms with Gasteiger partial charge in [0.25, 0.3) is 17.4 Å². The second-order valence-electron chi connectivity index (χ2n) is 12.4. The molecule has 0 radical (unpaired) electrons. The molecule has 1 N–H and O–H groups in total. The number of fused-ring (bicyclic) bond motifs is 4. The molecule has 2 saturated heterocycles. The van der Waals surface area contributed by atoms with Crippen molar-refractivity contribution in [3.05, 3.63) is 110 Å². The SMILES string of the molecule is Cc1cccc(N2CCN(C(=O)c3ccc(N4C[C@H]5C[C@@H](C4)c4cccc(=O)n4C5)c(NC(=O)c4cccs4)c3)C[C@H]2C)c1. The number of pyridine rings is 1. The number of thiophene rings is 1. The third kappa shape index (κ3) is 5.41. The Morgan fingerprint density at radius 1 is 0.909 bits per heavy atom. The summed E-state index contributed by atoms with van der Waals surface area (Å²) in [6.45, 7) is 8.50. The number of carbonyl (C=O) groups is 2. The number of rotatable bonds is 5. The molecule has 5 heterocycles. The highest BCUT2D eigenvalue weighted by molar-refractivity contribution is 7.12. The van der Waals surface area contributed by atoms with E-state index in [2.05, 4.69) is 59.3 Å². The predicted octanol–water partition coefficient (Wildman–Crippen LogP) is 5.45. The number of hydrogen-bond acceptors (Lipinski definition) is 6. The minimum Gasteiger partial charge on any atom is -0.369 e. The summed E-state index contributed by atoms with van der Waals surface area (Å²) >= 11 is 1.39. The van der Waals surface area contributed by atoms with Crippen LogP contribution in [0.1, 0.15) is 50.5 Å². The molecule has 44 heavy (non-hydrogen) atoms. The fourth-order valence-electron chi connectivity index (χ4n) is 7.24. The van der Waals surface area contributed by atoms with E-state index < -0.39 is 0 Å². The first-order valence-corrected chi connectivity index (χ1v) is 16.3. The first-order valence-electron chi connectivity index (χ1n) is 15.4. The van der Waals surface area contributed by atoms with Crippen molar-refractivity contribution in [1.29, 1.82) is 0 Å². The van der Waals surface area contributed by atoms with Crippen LogP contribution in [0.4, 0.5) is 17.1 Å². The molecule has 2 bridgehead atoms. The molecule has 226 valence electrons. The smallest absolute Gasteiger partial charge is 0.265 e. The van der Waals surface area contributed by atoms with Crippen LogP contribution in [-0.4, -0.2) is 60.0 Å². The molecule has 2 aromatic heterocycles. The van der Waals surface area contributed by atoms with Crippen molar-refractivity contribution in [3.63, 3.8) is 0 Å². The topological polar surface area (TPSA) is 77.9 Å². The lowest BCUT2D eigenvalue weighted by Crippen LogP contribution is -2.53. The van der Waals surface area contributed by atoms with E-state index in [1.165, 1.54) is 22.6 Å². The van der Waals surface area contributed by atoms with E-state index in [4.69, 9.17) is 0 Å². The minimum atomic E-state index is -0.180. The van der Waals surface area contributed by atoms with E-state index in [0.29, 0.717) is 41.7 Å². The Hall–Kier alpha value is -4.37.